The second-order valence-electron chi connectivity index (χ2n) is 9.51. The highest BCUT2D eigenvalue weighted by atomic mass is 35.5. The minimum Gasteiger partial charge on any atom is -0.377 e. The van der Waals surface area contributed by atoms with Crippen molar-refractivity contribution in [2.24, 2.45) is 0 Å². The lowest BCUT2D eigenvalue weighted by molar-refractivity contribution is 0.589. The average Bonchev–Trinajstić information content (AvgIpc) is 2.94. The van der Waals surface area contributed by atoms with Gasteiger partial charge in [0.15, 0.2) is 0 Å². The quantitative estimate of drug-likeness (QED) is 0.276. The van der Waals surface area contributed by atoms with E-state index >= 15 is 0 Å². The molecule has 1 aliphatic rings. The van der Waals surface area contributed by atoms with Gasteiger partial charge >= 0.3 is 0 Å². The van der Waals surface area contributed by atoms with Gasteiger partial charge in [-0.25, -0.2) is 16.8 Å². The van der Waals surface area contributed by atoms with Crippen LogP contribution in [0.2, 0.25) is 0 Å². The van der Waals surface area contributed by atoms with E-state index in [0.717, 1.165) is 42.9 Å². The number of anilines is 4. The predicted molar refractivity (Wildman–Crippen MR) is 165 cm³/mol. The van der Waals surface area contributed by atoms with Crippen LogP contribution < -0.4 is 24.6 Å². The molecular formula is C28H32ClN5O4S2. The summed E-state index contributed by atoms with van der Waals surface area (Å²) in [4.78, 5) is 4.24. The maximum Gasteiger partial charge on any atom is 0.262 e. The summed E-state index contributed by atoms with van der Waals surface area (Å²) in [7, 11) is -4.26. The largest absolute Gasteiger partial charge is 0.377 e. The molecule has 0 bridgehead atoms. The number of hydrogen-bond donors (Lipinski definition) is 3. The van der Waals surface area contributed by atoms with Crippen LogP contribution in [0.1, 0.15) is 0 Å². The molecule has 0 unspecified atom stereocenters. The van der Waals surface area contributed by atoms with Crippen molar-refractivity contribution < 1.29 is 16.8 Å². The Hall–Kier alpha value is -3.51. The molecule has 0 aliphatic carbocycles. The molecule has 1 saturated heterocycles. The van der Waals surface area contributed by atoms with Crippen molar-refractivity contribution in [3.8, 4) is 0 Å². The van der Waals surface area contributed by atoms with Gasteiger partial charge in [-0.2, -0.15) is 0 Å². The van der Waals surface area contributed by atoms with E-state index in [1.54, 1.807) is 54.6 Å². The zero-order chi connectivity index (χ0) is 27.6. The lowest BCUT2D eigenvalue weighted by atomic mass is 10.1. The highest BCUT2D eigenvalue weighted by Crippen LogP contribution is 2.34. The van der Waals surface area contributed by atoms with Gasteiger partial charge in [-0.05, 0) is 42.5 Å². The third-order valence-electron chi connectivity index (χ3n) is 6.66. The van der Waals surface area contributed by atoms with Gasteiger partial charge in [-0.1, -0.05) is 42.5 Å². The number of rotatable bonds is 8. The summed E-state index contributed by atoms with van der Waals surface area (Å²) in [5.41, 5.74) is 1.97. The van der Waals surface area contributed by atoms with Gasteiger partial charge in [0.05, 0.1) is 21.2 Å². The maximum atomic E-state index is 13.8. The van der Waals surface area contributed by atoms with Crippen molar-refractivity contribution >= 4 is 66.0 Å². The van der Waals surface area contributed by atoms with Crippen LogP contribution in [0, 0.1) is 0 Å². The zero-order valence-electron chi connectivity index (χ0n) is 22.2. The van der Waals surface area contributed by atoms with Crippen LogP contribution in [0.3, 0.4) is 0 Å². The molecule has 0 spiro atoms. The molecule has 5 rings (SSSR count). The molecule has 1 heterocycles. The number of fused-ring (bicyclic) bond motifs is 1. The smallest absolute Gasteiger partial charge is 0.262 e. The van der Waals surface area contributed by atoms with Crippen LogP contribution in [0.5, 0.6) is 0 Å². The topological polar surface area (TPSA) is 111 Å². The van der Waals surface area contributed by atoms with E-state index in [2.05, 4.69) is 19.7 Å². The Morgan fingerprint density at radius 3 is 2.08 bits per heavy atom. The fourth-order valence-electron chi connectivity index (χ4n) is 4.72. The Kier molecular flexibility index (Phi) is 8.79. The first-order valence-corrected chi connectivity index (χ1v) is 15.5. The summed E-state index contributed by atoms with van der Waals surface area (Å²) in [6, 6.07) is 23.7. The number of halogens is 1. The summed E-state index contributed by atoms with van der Waals surface area (Å²) < 4.78 is 59.2. The van der Waals surface area contributed by atoms with E-state index in [1.165, 1.54) is 12.1 Å². The first-order valence-electron chi connectivity index (χ1n) is 12.6. The van der Waals surface area contributed by atoms with Crippen molar-refractivity contribution in [1.29, 1.82) is 0 Å². The molecule has 0 saturated carbocycles. The van der Waals surface area contributed by atoms with E-state index in [-0.39, 0.29) is 33.6 Å². The number of sulfonamides is 2. The van der Waals surface area contributed by atoms with E-state index in [9.17, 15) is 16.8 Å². The number of benzene rings is 4. The van der Waals surface area contributed by atoms with Gasteiger partial charge < -0.3 is 15.1 Å². The summed E-state index contributed by atoms with van der Waals surface area (Å²) in [6.07, 6.45) is 0. The molecule has 40 heavy (non-hydrogen) atoms. The molecule has 3 N–H and O–H groups in total. The van der Waals surface area contributed by atoms with Crippen LogP contribution in [0.25, 0.3) is 10.8 Å². The standard InChI is InChI=1S/C28H31N5O4S2.ClH/c1-32(2)27-12-6-11-24-23(27)10-7-13-28(24)39(36,37)30-25-15-14-21(33-18-16-29-17-19-33)20-26(25)31-38(34,35)22-8-4-3-5-9-22;/h3-15,20,29-31H,16-19H2,1-2H3;1H. The number of piperazine rings is 1. The molecule has 4 aromatic rings. The summed E-state index contributed by atoms with van der Waals surface area (Å²) in [5.74, 6) is 0. The molecule has 0 amide bonds. The van der Waals surface area contributed by atoms with Crippen LogP contribution in [0.4, 0.5) is 22.7 Å². The SMILES string of the molecule is CN(C)c1cccc2c(S(=O)(=O)Nc3ccc(N4CCNCC4)cc3NS(=O)(=O)c3ccccc3)cccc12.Cl. The lowest BCUT2D eigenvalue weighted by Gasteiger charge is -2.30. The van der Waals surface area contributed by atoms with Crippen molar-refractivity contribution in [3.05, 3.63) is 84.9 Å². The summed E-state index contributed by atoms with van der Waals surface area (Å²) in [5, 5.41) is 4.66. The molecule has 212 valence electrons. The Labute approximate surface area is 241 Å². The first kappa shape index (κ1) is 29.5. The van der Waals surface area contributed by atoms with Gasteiger partial charge in [0.1, 0.15) is 0 Å². The zero-order valence-corrected chi connectivity index (χ0v) is 24.6. The second kappa shape index (κ2) is 11.9. The first-order chi connectivity index (χ1) is 18.7. The number of nitrogens with one attached hydrogen (secondary N) is 3. The molecular weight excluding hydrogens is 570 g/mol. The Morgan fingerprint density at radius 1 is 0.725 bits per heavy atom. The van der Waals surface area contributed by atoms with Crippen molar-refractivity contribution in [2.75, 3.05) is 59.5 Å². The molecule has 1 fully saturated rings. The summed E-state index contributed by atoms with van der Waals surface area (Å²) >= 11 is 0. The molecule has 0 radical (unpaired) electrons. The van der Waals surface area contributed by atoms with Crippen LogP contribution >= 0.6 is 12.4 Å². The normalized spacial score (nSPS) is 13.9. The average molecular weight is 602 g/mol. The van der Waals surface area contributed by atoms with Crippen molar-refractivity contribution in [2.45, 2.75) is 9.79 Å². The van der Waals surface area contributed by atoms with Gasteiger partial charge in [-0.3, -0.25) is 9.44 Å². The fourth-order valence-corrected chi connectivity index (χ4v) is 7.11. The van der Waals surface area contributed by atoms with Crippen LogP contribution in [-0.4, -0.2) is 57.1 Å². The molecule has 1 aliphatic heterocycles. The van der Waals surface area contributed by atoms with E-state index in [4.69, 9.17) is 0 Å². The highest BCUT2D eigenvalue weighted by Gasteiger charge is 2.23. The second-order valence-corrected chi connectivity index (χ2v) is 12.8. The van der Waals surface area contributed by atoms with Crippen LogP contribution in [-0.2, 0) is 20.0 Å². The molecule has 9 nitrogen and oxygen atoms in total. The monoisotopic (exact) mass is 601 g/mol. The van der Waals surface area contributed by atoms with Crippen LogP contribution in [0.15, 0.2) is 94.7 Å². The van der Waals surface area contributed by atoms with E-state index in [0.29, 0.717) is 5.39 Å². The third kappa shape index (κ3) is 6.12. The third-order valence-corrected chi connectivity index (χ3v) is 9.46. The molecule has 0 atom stereocenters. The van der Waals surface area contributed by atoms with E-state index in [1.807, 2.05) is 37.2 Å². The highest BCUT2D eigenvalue weighted by molar-refractivity contribution is 7.93. The van der Waals surface area contributed by atoms with Crippen molar-refractivity contribution in [3.63, 3.8) is 0 Å². The van der Waals surface area contributed by atoms with Crippen molar-refractivity contribution in [1.82, 2.24) is 5.32 Å². The van der Waals surface area contributed by atoms with Gasteiger partial charge in [0.2, 0.25) is 0 Å². The number of nitrogens with zero attached hydrogens (tertiary/aromatic N) is 2. The number of hydrogen-bond acceptors (Lipinski definition) is 7. The molecule has 4 aromatic carbocycles. The summed E-state index contributed by atoms with van der Waals surface area (Å²) in [6.45, 7) is 3.10. The fraction of sp³-hybridized carbons (Fsp3) is 0.214. The van der Waals surface area contributed by atoms with Gasteiger partial charge in [-0.15, -0.1) is 12.4 Å². The Morgan fingerprint density at radius 2 is 1.38 bits per heavy atom. The minimum atomic E-state index is -4.09. The Balaban J connectivity index is 0.00000370. The molecule has 0 aromatic heterocycles. The Bertz CT molecular complexity index is 1710. The maximum absolute atomic E-state index is 13.8. The van der Waals surface area contributed by atoms with E-state index < -0.39 is 20.0 Å². The van der Waals surface area contributed by atoms with Gasteiger partial charge in [0.25, 0.3) is 20.0 Å². The lowest BCUT2D eigenvalue weighted by Crippen LogP contribution is -2.43. The predicted octanol–water partition coefficient (Wildman–Crippen LogP) is 4.34. The molecule has 12 heteroatoms. The minimum absolute atomic E-state index is 0. The van der Waals surface area contributed by atoms with Gasteiger partial charge in [0, 0.05) is 62.4 Å².